The lowest BCUT2D eigenvalue weighted by Crippen LogP contribution is -2.25. The minimum atomic E-state index is -0.116. The monoisotopic (exact) mass is 309 g/mol. The molecule has 2 aliphatic rings. The van der Waals surface area contributed by atoms with Crippen LogP contribution in [-0.2, 0) is 6.54 Å². The van der Waals surface area contributed by atoms with Gasteiger partial charge in [0.25, 0.3) is 0 Å². The summed E-state index contributed by atoms with van der Waals surface area (Å²) >= 11 is 7.80. The van der Waals surface area contributed by atoms with Crippen molar-refractivity contribution in [3.63, 3.8) is 0 Å². The Morgan fingerprint density at radius 2 is 2.25 bits per heavy atom. The highest BCUT2D eigenvalue weighted by Gasteiger charge is 2.41. The molecular weight excluding hydrogens is 294 g/mol. The third-order valence-electron chi connectivity index (χ3n) is 4.58. The molecule has 1 aliphatic heterocycles. The molecule has 0 bridgehead atoms. The van der Waals surface area contributed by atoms with Crippen LogP contribution in [0.15, 0.2) is 11.4 Å². The first kappa shape index (κ1) is 13.0. The van der Waals surface area contributed by atoms with Crippen LogP contribution >= 0.6 is 22.9 Å². The molecule has 3 unspecified atom stereocenters. The van der Waals surface area contributed by atoms with Crippen LogP contribution in [0, 0.1) is 11.8 Å². The van der Waals surface area contributed by atoms with E-state index in [9.17, 15) is 5.11 Å². The van der Waals surface area contributed by atoms with E-state index in [1.807, 2.05) is 11.4 Å². The minimum absolute atomic E-state index is 0.116. The van der Waals surface area contributed by atoms with Gasteiger partial charge in [-0.3, -0.25) is 4.90 Å². The van der Waals surface area contributed by atoms with Crippen LogP contribution in [0.4, 0.5) is 0 Å². The molecule has 4 nitrogen and oxygen atoms in total. The highest BCUT2D eigenvalue weighted by Crippen LogP contribution is 2.38. The van der Waals surface area contributed by atoms with E-state index >= 15 is 0 Å². The maximum absolute atomic E-state index is 9.96. The zero-order chi connectivity index (χ0) is 13.7. The molecule has 0 aromatic carbocycles. The highest BCUT2D eigenvalue weighted by atomic mass is 35.5. The average molecular weight is 310 g/mol. The van der Waals surface area contributed by atoms with Crippen molar-refractivity contribution in [2.45, 2.75) is 25.5 Å². The molecule has 2 aromatic heterocycles. The summed E-state index contributed by atoms with van der Waals surface area (Å²) in [6, 6.07) is 1.96. The van der Waals surface area contributed by atoms with Crippen LogP contribution in [0.3, 0.4) is 0 Å². The number of nitrogens with zero attached hydrogens (tertiary/aromatic N) is 3. The zero-order valence-corrected chi connectivity index (χ0v) is 12.6. The van der Waals surface area contributed by atoms with Crippen molar-refractivity contribution in [2.75, 3.05) is 13.1 Å². The minimum Gasteiger partial charge on any atom is -0.393 e. The molecule has 1 saturated carbocycles. The Morgan fingerprint density at radius 3 is 3.10 bits per heavy atom. The number of hydrogen-bond acceptors (Lipinski definition) is 5. The molecule has 1 saturated heterocycles. The Kier molecular flexibility index (Phi) is 3.18. The number of rotatable bonds is 2. The second-order valence-electron chi connectivity index (χ2n) is 5.83. The molecule has 6 heteroatoms. The van der Waals surface area contributed by atoms with E-state index in [1.54, 1.807) is 11.3 Å². The van der Waals surface area contributed by atoms with Crippen LogP contribution in [0.25, 0.3) is 10.2 Å². The average Bonchev–Trinajstić information content (AvgIpc) is 3.08. The van der Waals surface area contributed by atoms with Gasteiger partial charge in [0.15, 0.2) is 0 Å². The third-order valence-corrected chi connectivity index (χ3v) is 5.68. The summed E-state index contributed by atoms with van der Waals surface area (Å²) in [5.74, 6) is 1.88. The molecular formula is C14H16ClN3OS. The number of halogens is 1. The van der Waals surface area contributed by atoms with Gasteiger partial charge in [-0.15, -0.1) is 11.3 Å². The number of likely N-dealkylation sites (tertiary alicyclic amines) is 1. The summed E-state index contributed by atoms with van der Waals surface area (Å²) in [6.07, 6.45) is 2.00. The van der Waals surface area contributed by atoms with Crippen molar-refractivity contribution >= 4 is 33.2 Å². The first-order chi connectivity index (χ1) is 9.70. The second kappa shape index (κ2) is 4.91. The summed E-state index contributed by atoms with van der Waals surface area (Å²) in [7, 11) is 0. The number of fused-ring (bicyclic) bond motifs is 2. The quantitative estimate of drug-likeness (QED) is 0.866. The van der Waals surface area contributed by atoms with E-state index in [-0.39, 0.29) is 6.10 Å². The number of hydrogen-bond donors (Lipinski definition) is 1. The standard InChI is InChI=1S/C14H16ClN3OS/c15-13-9-3-4-20-14(9)17-12(16-13)7-18-5-8-1-2-11(19)10(8)6-18/h3-4,8,10-11,19H,1-2,5-7H2. The van der Waals surface area contributed by atoms with E-state index in [2.05, 4.69) is 14.9 Å². The first-order valence-electron chi connectivity index (χ1n) is 7.01. The van der Waals surface area contributed by atoms with Crippen LogP contribution in [0.5, 0.6) is 0 Å². The summed E-state index contributed by atoms with van der Waals surface area (Å²) < 4.78 is 0. The van der Waals surface area contributed by atoms with E-state index in [1.165, 1.54) is 0 Å². The van der Waals surface area contributed by atoms with Gasteiger partial charge >= 0.3 is 0 Å². The van der Waals surface area contributed by atoms with Crippen molar-refractivity contribution in [1.82, 2.24) is 14.9 Å². The Morgan fingerprint density at radius 1 is 1.35 bits per heavy atom. The van der Waals surface area contributed by atoms with Crippen LogP contribution in [-0.4, -0.2) is 39.2 Å². The topological polar surface area (TPSA) is 49.2 Å². The van der Waals surface area contributed by atoms with E-state index in [0.717, 1.165) is 48.5 Å². The van der Waals surface area contributed by atoms with Gasteiger partial charge in [-0.1, -0.05) is 11.6 Å². The van der Waals surface area contributed by atoms with Gasteiger partial charge in [0, 0.05) is 24.4 Å². The Bertz CT molecular complexity index is 646. The third kappa shape index (κ3) is 2.13. The smallest absolute Gasteiger partial charge is 0.145 e. The molecule has 3 heterocycles. The summed E-state index contributed by atoms with van der Waals surface area (Å²) in [5.41, 5.74) is 0. The van der Waals surface area contributed by atoms with Crippen molar-refractivity contribution < 1.29 is 5.11 Å². The van der Waals surface area contributed by atoms with Crippen molar-refractivity contribution in [3.8, 4) is 0 Å². The molecule has 106 valence electrons. The molecule has 0 spiro atoms. The number of aliphatic hydroxyl groups excluding tert-OH is 1. The molecule has 20 heavy (non-hydrogen) atoms. The van der Waals surface area contributed by atoms with Crippen molar-refractivity contribution in [3.05, 3.63) is 22.4 Å². The Labute approximate surface area is 126 Å². The van der Waals surface area contributed by atoms with E-state index in [0.29, 0.717) is 17.0 Å². The fourth-order valence-corrected chi connectivity index (χ4v) is 4.68. The van der Waals surface area contributed by atoms with Crippen LogP contribution in [0.1, 0.15) is 18.7 Å². The SMILES string of the molecule is OC1CCC2CN(Cc3nc(Cl)c4ccsc4n3)CC12. The molecule has 1 aliphatic carbocycles. The fraction of sp³-hybridized carbons (Fsp3) is 0.571. The number of aliphatic hydroxyl groups is 1. The van der Waals surface area contributed by atoms with Gasteiger partial charge in [0.05, 0.1) is 12.6 Å². The molecule has 2 fully saturated rings. The van der Waals surface area contributed by atoms with Gasteiger partial charge in [0.2, 0.25) is 0 Å². The van der Waals surface area contributed by atoms with Crippen LogP contribution < -0.4 is 0 Å². The molecule has 2 aromatic rings. The second-order valence-corrected chi connectivity index (χ2v) is 7.09. The molecule has 0 amide bonds. The van der Waals surface area contributed by atoms with Crippen molar-refractivity contribution in [1.29, 1.82) is 0 Å². The van der Waals surface area contributed by atoms with Crippen molar-refractivity contribution in [2.24, 2.45) is 11.8 Å². The number of thiophene rings is 1. The summed E-state index contributed by atoms with van der Waals surface area (Å²) in [6.45, 7) is 2.73. The predicted octanol–water partition coefficient (Wildman–Crippen LogP) is 2.55. The van der Waals surface area contributed by atoms with E-state index < -0.39 is 0 Å². The predicted molar refractivity (Wildman–Crippen MR) is 79.9 cm³/mol. The Balaban J connectivity index is 1.53. The van der Waals surface area contributed by atoms with E-state index in [4.69, 9.17) is 11.6 Å². The Hall–Kier alpha value is -0.750. The largest absolute Gasteiger partial charge is 0.393 e. The summed E-state index contributed by atoms with van der Waals surface area (Å²) in [5, 5.41) is 13.4. The number of aromatic nitrogens is 2. The first-order valence-corrected chi connectivity index (χ1v) is 8.26. The molecule has 1 N–H and O–H groups in total. The summed E-state index contributed by atoms with van der Waals surface area (Å²) in [4.78, 5) is 12.3. The van der Waals surface area contributed by atoms with Gasteiger partial charge in [-0.2, -0.15) is 0 Å². The lowest BCUT2D eigenvalue weighted by atomic mass is 10.00. The highest BCUT2D eigenvalue weighted by molar-refractivity contribution is 7.16. The fourth-order valence-electron chi connectivity index (χ4n) is 3.59. The normalized spacial score (nSPS) is 30.2. The maximum atomic E-state index is 9.96. The zero-order valence-electron chi connectivity index (χ0n) is 11.0. The molecule has 3 atom stereocenters. The van der Waals surface area contributed by atoms with Crippen LogP contribution in [0.2, 0.25) is 5.15 Å². The molecule has 0 radical (unpaired) electrons. The van der Waals surface area contributed by atoms with Gasteiger partial charge in [0.1, 0.15) is 15.8 Å². The van der Waals surface area contributed by atoms with Gasteiger partial charge in [-0.25, -0.2) is 9.97 Å². The van der Waals surface area contributed by atoms with Gasteiger partial charge < -0.3 is 5.11 Å². The lowest BCUT2D eigenvalue weighted by Gasteiger charge is -2.17. The van der Waals surface area contributed by atoms with Gasteiger partial charge in [-0.05, 0) is 30.2 Å². The lowest BCUT2D eigenvalue weighted by molar-refractivity contribution is 0.123. The maximum Gasteiger partial charge on any atom is 0.145 e. The molecule has 4 rings (SSSR count).